The van der Waals surface area contributed by atoms with Crippen LogP contribution in [0, 0.1) is 46.5 Å². The second-order valence-corrected chi connectivity index (χ2v) is 15.2. The fourth-order valence-corrected chi connectivity index (χ4v) is 8.48. The monoisotopic (exact) mass is 948 g/mol. The molecular weight excluding hydrogens is 927 g/mol. The van der Waals surface area contributed by atoms with Crippen LogP contribution in [0.1, 0.15) is 11.1 Å². The minimum Gasteiger partial charge on any atom is -0.454 e. The van der Waals surface area contributed by atoms with Crippen molar-refractivity contribution in [1.82, 2.24) is 0 Å². The number of anilines is 6. The van der Waals surface area contributed by atoms with E-state index >= 15 is 35.1 Å². The van der Waals surface area contributed by atoms with Gasteiger partial charge in [0.25, 0.3) is 0 Å². The van der Waals surface area contributed by atoms with E-state index in [1.54, 1.807) is 36.4 Å². The number of para-hydroxylation sites is 6. The number of nitrogens with zero attached hydrogens (tertiary/aromatic N) is 2. The molecule has 0 atom stereocenters. The van der Waals surface area contributed by atoms with Crippen molar-refractivity contribution >= 4 is 78.0 Å². The summed E-state index contributed by atoms with van der Waals surface area (Å²) in [7, 11) is 0. The van der Waals surface area contributed by atoms with Crippen LogP contribution in [0.2, 0.25) is 0 Å². The molecule has 0 saturated carbocycles. The molecule has 0 saturated heterocycles. The molecule has 10 rings (SSSR count). The predicted octanol–water partition coefficient (Wildman–Crippen LogP) is 17.2. The van der Waals surface area contributed by atoms with Crippen molar-refractivity contribution < 1.29 is 70.3 Å². The maximum atomic E-state index is 16.6. The maximum absolute atomic E-state index is 16.6. The zero-order valence-corrected chi connectivity index (χ0v) is 33.7. The molecule has 2 aromatic heterocycles. The molecule has 0 amide bonds. The van der Waals surface area contributed by atoms with Crippen molar-refractivity contribution in [1.29, 1.82) is 0 Å². The van der Waals surface area contributed by atoms with Crippen LogP contribution in [0.5, 0.6) is 0 Å². The average molecular weight is 949 g/mol. The second-order valence-electron chi connectivity index (χ2n) is 15.2. The fraction of sp³-hybridized carbons (Fsp3) is 0.0400. The van der Waals surface area contributed by atoms with E-state index in [9.17, 15) is 26.3 Å². The van der Waals surface area contributed by atoms with Gasteiger partial charge in [-0.05, 0) is 36.4 Å². The summed E-state index contributed by atoms with van der Waals surface area (Å²) in [6, 6.07) is 30.3. The summed E-state index contributed by atoms with van der Waals surface area (Å²) in [6.07, 6.45) is -11.9. The summed E-state index contributed by atoms with van der Waals surface area (Å²) in [4.78, 5) is 1.02. The number of hydrogen-bond acceptors (Lipinski definition) is 4. The summed E-state index contributed by atoms with van der Waals surface area (Å²) >= 11 is 0. The number of fused-ring (bicyclic) bond motifs is 6. The molecule has 342 valence electrons. The van der Waals surface area contributed by atoms with E-state index in [-0.39, 0.29) is 44.2 Å². The van der Waals surface area contributed by atoms with Crippen LogP contribution >= 0.6 is 0 Å². The van der Waals surface area contributed by atoms with Crippen LogP contribution in [0.3, 0.4) is 0 Å². The van der Waals surface area contributed by atoms with Gasteiger partial charge in [-0.2, -0.15) is 26.3 Å². The Morgan fingerprint density at radius 2 is 0.603 bits per heavy atom. The summed E-state index contributed by atoms with van der Waals surface area (Å²) in [6.45, 7) is 0. The first-order valence-corrected chi connectivity index (χ1v) is 19.9. The minimum atomic E-state index is -5.94. The molecule has 0 fully saturated rings. The number of hydrogen-bond donors (Lipinski definition) is 0. The highest BCUT2D eigenvalue weighted by molar-refractivity contribution is 6.12. The SMILES string of the molecule is Fc1c(F)c(C(F)(F)F)c(F)c(F)c1N(c1ccccc1-c1ccccc1N(c1c(F)c(F)c(C(F)(F)F)c(F)c1F)c1cccc2c1oc1ccccc12)c1cccc2c1oc1ccccc12. The highest BCUT2D eigenvalue weighted by Crippen LogP contribution is 2.53. The molecule has 2 heterocycles. The Balaban J connectivity index is 1.32. The largest absolute Gasteiger partial charge is 0.454 e. The standard InChI is InChI=1S/C50H22F14N2O2/c51-37-35(49(59,60)61)38(52)42(56)45(41(37)55)65(31-19-9-15-27-25-13-3-7-21-33(25)67-47(27)31)29-17-5-1-11-23(29)24-12-2-6-18-30(24)66(46-43(57)39(53)36(50(62,63)64)40(54)44(46)58)32-20-10-16-28-26-14-4-8-22-34(26)68-48(28)32/h1-22H. The highest BCUT2D eigenvalue weighted by atomic mass is 19.4. The van der Waals surface area contributed by atoms with Gasteiger partial charge in [0.1, 0.15) is 33.7 Å². The van der Waals surface area contributed by atoms with E-state index in [2.05, 4.69) is 0 Å². The smallest absolute Gasteiger partial charge is 0.422 e. The van der Waals surface area contributed by atoms with Crippen LogP contribution in [0.25, 0.3) is 55.0 Å². The van der Waals surface area contributed by atoms with Gasteiger partial charge in [0.2, 0.25) is 0 Å². The number of rotatable bonds is 7. The molecule has 0 spiro atoms. The van der Waals surface area contributed by atoms with E-state index < -0.39 is 104 Å². The maximum Gasteiger partial charge on any atom is 0.422 e. The molecule has 0 aliphatic rings. The van der Waals surface area contributed by atoms with Crippen molar-refractivity contribution in [2.75, 3.05) is 9.80 Å². The summed E-state index contributed by atoms with van der Waals surface area (Å²) < 4.78 is 225. The number of halogens is 14. The molecule has 0 N–H and O–H groups in total. The first-order valence-electron chi connectivity index (χ1n) is 19.9. The minimum absolute atomic E-state index is 0.190. The highest BCUT2D eigenvalue weighted by Gasteiger charge is 2.46. The van der Waals surface area contributed by atoms with Crippen molar-refractivity contribution in [2.24, 2.45) is 0 Å². The molecule has 0 aliphatic heterocycles. The molecule has 18 heteroatoms. The first-order chi connectivity index (χ1) is 32.4. The average Bonchev–Trinajstić information content (AvgIpc) is 3.89. The third kappa shape index (κ3) is 6.67. The lowest BCUT2D eigenvalue weighted by Gasteiger charge is -2.32. The number of benzene rings is 8. The number of alkyl halides is 6. The molecule has 0 radical (unpaired) electrons. The molecule has 8 aromatic carbocycles. The lowest BCUT2D eigenvalue weighted by molar-refractivity contribution is -0.144. The van der Waals surface area contributed by atoms with Crippen molar-refractivity contribution in [2.45, 2.75) is 12.4 Å². The van der Waals surface area contributed by atoms with E-state index in [1.807, 2.05) is 0 Å². The van der Waals surface area contributed by atoms with Crippen molar-refractivity contribution in [3.05, 3.63) is 191 Å². The Labute approximate surface area is 372 Å². The quantitative estimate of drug-likeness (QED) is 0.118. The van der Waals surface area contributed by atoms with E-state index in [4.69, 9.17) is 8.83 Å². The first kappa shape index (κ1) is 43.9. The summed E-state index contributed by atoms with van der Waals surface area (Å²) in [5.41, 5.74) is -11.8. The van der Waals surface area contributed by atoms with Gasteiger partial charge in [-0.1, -0.05) is 97.1 Å². The summed E-state index contributed by atoms with van der Waals surface area (Å²) in [5.74, 6) is -21.4. The van der Waals surface area contributed by atoms with Gasteiger partial charge in [-0.3, -0.25) is 0 Å². The van der Waals surface area contributed by atoms with E-state index in [1.165, 1.54) is 72.8 Å². The normalized spacial score (nSPS) is 12.3. The molecular formula is C50H22F14N2O2. The Hall–Kier alpha value is -8.02. The lowest BCUT2D eigenvalue weighted by Crippen LogP contribution is -2.22. The topological polar surface area (TPSA) is 32.8 Å². The van der Waals surface area contributed by atoms with Gasteiger partial charge in [-0.15, -0.1) is 0 Å². The van der Waals surface area contributed by atoms with Gasteiger partial charge in [0.15, 0.2) is 57.7 Å². The van der Waals surface area contributed by atoms with Crippen molar-refractivity contribution in [3.8, 4) is 11.1 Å². The molecule has 4 nitrogen and oxygen atoms in total. The van der Waals surface area contributed by atoms with Crippen LogP contribution in [-0.2, 0) is 12.4 Å². The summed E-state index contributed by atoms with van der Waals surface area (Å²) in [5, 5.41) is 1.34. The van der Waals surface area contributed by atoms with Crippen LogP contribution in [0.15, 0.2) is 142 Å². The van der Waals surface area contributed by atoms with Crippen LogP contribution < -0.4 is 9.80 Å². The van der Waals surface area contributed by atoms with Gasteiger partial charge in [0.05, 0.1) is 22.7 Å². The van der Waals surface area contributed by atoms with Crippen LogP contribution in [0.4, 0.5) is 95.6 Å². The molecule has 0 aliphatic carbocycles. The predicted molar refractivity (Wildman–Crippen MR) is 225 cm³/mol. The fourth-order valence-electron chi connectivity index (χ4n) is 8.48. The zero-order valence-electron chi connectivity index (χ0n) is 33.7. The van der Waals surface area contributed by atoms with Gasteiger partial charge in [0, 0.05) is 32.7 Å². The van der Waals surface area contributed by atoms with Gasteiger partial charge in [-0.25, -0.2) is 35.1 Å². The second kappa shape index (κ2) is 15.8. The third-order valence-electron chi connectivity index (χ3n) is 11.3. The Kier molecular flexibility index (Phi) is 10.2. The molecule has 68 heavy (non-hydrogen) atoms. The zero-order chi connectivity index (χ0) is 48.1. The molecule has 0 bridgehead atoms. The third-order valence-corrected chi connectivity index (χ3v) is 11.3. The molecule has 10 aromatic rings. The lowest BCUT2D eigenvalue weighted by atomic mass is 9.97. The van der Waals surface area contributed by atoms with Crippen LogP contribution in [-0.4, -0.2) is 0 Å². The van der Waals surface area contributed by atoms with Gasteiger partial charge >= 0.3 is 12.4 Å². The Morgan fingerprint density at radius 3 is 0.956 bits per heavy atom. The van der Waals surface area contributed by atoms with Crippen molar-refractivity contribution in [3.63, 3.8) is 0 Å². The van der Waals surface area contributed by atoms with E-state index in [0.29, 0.717) is 20.6 Å². The Bertz CT molecular complexity index is 3390. The molecule has 0 unspecified atom stereocenters. The van der Waals surface area contributed by atoms with E-state index in [0.717, 1.165) is 24.3 Å². The number of furan rings is 2. The van der Waals surface area contributed by atoms with Gasteiger partial charge < -0.3 is 18.6 Å². The Morgan fingerprint density at radius 1 is 0.309 bits per heavy atom.